The van der Waals surface area contributed by atoms with Crippen molar-refractivity contribution in [1.82, 2.24) is 9.80 Å². The predicted octanol–water partition coefficient (Wildman–Crippen LogP) is 3.10. The van der Waals surface area contributed by atoms with Crippen molar-refractivity contribution >= 4 is 17.5 Å². The van der Waals surface area contributed by atoms with Crippen molar-refractivity contribution < 1.29 is 19.2 Å². The zero-order valence-electron chi connectivity index (χ0n) is 17.7. The van der Waals surface area contributed by atoms with Crippen molar-refractivity contribution in [2.75, 3.05) is 20.2 Å². The molecule has 1 fully saturated rings. The molecule has 2 aromatic rings. The third-order valence-electron chi connectivity index (χ3n) is 6.18. The van der Waals surface area contributed by atoms with Crippen molar-refractivity contribution in [3.05, 3.63) is 68.8 Å². The quantitative estimate of drug-likeness (QED) is 0.557. The van der Waals surface area contributed by atoms with Crippen molar-refractivity contribution in [3.8, 4) is 5.75 Å². The third-order valence-corrected chi connectivity index (χ3v) is 6.18. The van der Waals surface area contributed by atoms with Gasteiger partial charge in [-0.05, 0) is 61.6 Å². The maximum atomic E-state index is 13.3. The maximum Gasteiger partial charge on any atom is 0.272 e. The van der Waals surface area contributed by atoms with Crippen LogP contribution in [0.3, 0.4) is 0 Å². The molecule has 8 nitrogen and oxygen atoms in total. The van der Waals surface area contributed by atoms with Crippen LogP contribution in [0.4, 0.5) is 5.69 Å². The van der Waals surface area contributed by atoms with Gasteiger partial charge in [-0.3, -0.25) is 19.7 Å². The largest absolute Gasteiger partial charge is 0.497 e. The molecule has 2 heterocycles. The second-order valence-electron chi connectivity index (χ2n) is 8.06. The number of likely N-dealkylation sites (tertiary alicyclic amines) is 1. The van der Waals surface area contributed by atoms with Gasteiger partial charge in [0.1, 0.15) is 11.8 Å². The van der Waals surface area contributed by atoms with Crippen LogP contribution >= 0.6 is 0 Å². The summed E-state index contributed by atoms with van der Waals surface area (Å²) in [6.45, 7) is 3.23. The number of fused-ring (bicyclic) bond motifs is 1. The van der Waals surface area contributed by atoms with Crippen molar-refractivity contribution in [1.29, 1.82) is 0 Å². The Bertz CT molecular complexity index is 1050. The zero-order valence-corrected chi connectivity index (χ0v) is 17.7. The van der Waals surface area contributed by atoms with E-state index < -0.39 is 11.0 Å². The molecule has 2 aliphatic rings. The molecule has 1 saturated heterocycles. The molecule has 0 spiro atoms. The Kier molecular flexibility index (Phi) is 5.63. The monoisotopic (exact) mass is 423 g/mol. The number of hydrogen-bond acceptors (Lipinski definition) is 5. The van der Waals surface area contributed by atoms with Gasteiger partial charge < -0.3 is 14.5 Å². The number of ether oxygens (including phenoxy) is 1. The predicted molar refractivity (Wildman–Crippen MR) is 114 cm³/mol. The minimum Gasteiger partial charge on any atom is -0.497 e. The van der Waals surface area contributed by atoms with E-state index >= 15 is 0 Å². The summed E-state index contributed by atoms with van der Waals surface area (Å²) >= 11 is 0. The lowest BCUT2D eigenvalue weighted by Crippen LogP contribution is -2.49. The summed E-state index contributed by atoms with van der Waals surface area (Å²) in [5.74, 6) is 0.463. The fraction of sp³-hybridized carbons (Fsp3) is 0.391. The number of rotatable bonds is 4. The number of carbonyl (C=O) groups excluding carboxylic acids is 2. The Morgan fingerprint density at radius 3 is 2.65 bits per heavy atom. The number of methoxy groups -OCH3 is 1. The van der Waals surface area contributed by atoms with Crippen molar-refractivity contribution in [2.24, 2.45) is 0 Å². The van der Waals surface area contributed by atoms with Crippen LogP contribution in [0.1, 0.15) is 39.9 Å². The Balaban J connectivity index is 1.51. The highest BCUT2D eigenvalue weighted by Crippen LogP contribution is 2.28. The van der Waals surface area contributed by atoms with E-state index in [-0.39, 0.29) is 17.5 Å². The summed E-state index contributed by atoms with van der Waals surface area (Å²) in [4.78, 5) is 40.5. The summed E-state index contributed by atoms with van der Waals surface area (Å²) in [5.41, 5.74) is 3.07. The van der Waals surface area contributed by atoms with E-state index in [1.807, 2.05) is 23.1 Å². The van der Waals surface area contributed by atoms with Crippen LogP contribution < -0.4 is 4.74 Å². The lowest BCUT2D eigenvalue weighted by Gasteiger charge is -2.33. The average Bonchev–Trinajstić information content (AvgIpc) is 3.26. The summed E-state index contributed by atoms with van der Waals surface area (Å²) in [7, 11) is 1.62. The second kappa shape index (κ2) is 8.37. The van der Waals surface area contributed by atoms with Crippen LogP contribution in [0.15, 0.2) is 36.4 Å². The lowest BCUT2D eigenvalue weighted by molar-refractivity contribution is -0.385. The van der Waals surface area contributed by atoms with E-state index in [9.17, 15) is 19.7 Å². The molecular formula is C23H25N3O5. The van der Waals surface area contributed by atoms with Gasteiger partial charge in [-0.2, -0.15) is 0 Å². The van der Waals surface area contributed by atoms with Gasteiger partial charge in [-0.15, -0.1) is 0 Å². The molecule has 4 rings (SSSR count). The standard InChI is InChI=1S/C23H25N3O5/c1-15-12-17(6-8-20(15)26(29)30)22(27)25-10-3-4-21(25)23(28)24-11-9-16-5-7-19(31-2)13-18(16)14-24/h5-8,12-13,21H,3-4,9-11,14H2,1-2H3. The number of nitrogens with zero attached hydrogens (tertiary/aromatic N) is 3. The van der Waals surface area contributed by atoms with E-state index in [1.54, 1.807) is 18.9 Å². The molecule has 31 heavy (non-hydrogen) atoms. The van der Waals surface area contributed by atoms with Gasteiger partial charge in [-0.25, -0.2) is 0 Å². The van der Waals surface area contributed by atoms with Gasteiger partial charge in [0.2, 0.25) is 5.91 Å². The molecule has 8 heteroatoms. The van der Waals surface area contributed by atoms with Gasteiger partial charge in [0, 0.05) is 36.8 Å². The van der Waals surface area contributed by atoms with Gasteiger partial charge in [0.15, 0.2) is 0 Å². The van der Waals surface area contributed by atoms with Crippen LogP contribution in [0, 0.1) is 17.0 Å². The van der Waals surface area contributed by atoms with Crippen LogP contribution in [-0.2, 0) is 17.8 Å². The number of benzene rings is 2. The van der Waals surface area contributed by atoms with Crippen molar-refractivity contribution in [2.45, 2.75) is 38.8 Å². The maximum absolute atomic E-state index is 13.3. The Hall–Kier alpha value is -3.42. The van der Waals surface area contributed by atoms with Gasteiger partial charge in [-0.1, -0.05) is 6.07 Å². The number of hydrogen-bond donors (Lipinski definition) is 0. The fourth-order valence-corrected chi connectivity index (χ4v) is 4.48. The molecule has 0 aromatic heterocycles. The van der Waals surface area contributed by atoms with Crippen LogP contribution in [0.2, 0.25) is 0 Å². The number of aryl methyl sites for hydroxylation is 1. The lowest BCUT2D eigenvalue weighted by atomic mass is 9.98. The second-order valence-corrected chi connectivity index (χ2v) is 8.06. The SMILES string of the molecule is COc1ccc2c(c1)CN(C(=O)C1CCCN1C(=O)c1ccc([N+](=O)[O-])c(C)c1)CC2. The minimum absolute atomic E-state index is 0.0204. The first kappa shape index (κ1) is 20.8. The molecule has 2 aromatic carbocycles. The van der Waals surface area contributed by atoms with Gasteiger partial charge >= 0.3 is 0 Å². The molecule has 1 unspecified atom stereocenters. The summed E-state index contributed by atoms with van der Waals surface area (Å²) in [6, 6.07) is 9.78. The van der Waals surface area contributed by atoms with Gasteiger partial charge in [0.05, 0.1) is 12.0 Å². The highest BCUT2D eigenvalue weighted by molar-refractivity contribution is 5.98. The summed E-state index contributed by atoms with van der Waals surface area (Å²) < 4.78 is 5.31. The number of amides is 2. The topological polar surface area (TPSA) is 93.0 Å². The highest BCUT2D eigenvalue weighted by Gasteiger charge is 2.38. The molecule has 162 valence electrons. The summed E-state index contributed by atoms with van der Waals surface area (Å²) in [6.07, 6.45) is 2.15. The molecule has 2 amide bonds. The first-order valence-electron chi connectivity index (χ1n) is 10.4. The molecule has 2 aliphatic heterocycles. The minimum atomic E-state index is -0.504. The third kappa shape index (κ3) is 3.97. The Morgan fingerprint density at radius 1 is 1.13 bits per heavy atom. The summed E-state index contributed by atoms with van der Waals surface area (Å²) in [5, 5.41) is 11.1. The molecule has 0 radical (unpaired) electrons. The van der Waals surface area contributed by atoms with Crippen LogP contribution in [-0.4, -0.2) is 52.8 Å². The molecular weight excluding hydrogens is 398 g/mol. The van der Waals surface area contributed by atoms with Crippen LogP contribution in [0.5, 0.6) is 5.75 Å². The first-order chi connectivity index (χ1) is 14.9. The number of nitro groups is 1. The molecule has 0 bridgehead atoms. The fourth-order valence-electron chi connectivity index (χ4n) is 4.48. The van der Waals surface area contributed by atoms with E-state index in [1.165, 1.54) is 23.8 Å². The van der Waals surface area contributed by atoms with E-state index in [0.717, 1.165) is 24.2 Å². The Morgan fingerprint density at radius 2 is 1.94 bits per heavy atom. The zero-order chi connectivity index (χ0) is 22.1. The first-order valence-corrected chi connectivity index (χ1v) is 10.4. The van der Waals surface area contributed by atoms with E-state index in [0.29, 0.717) is 37.2 Å². The molecule has 1 atom stereocenters. The van der Waals surface area contributed by atoms with Gasteiger partial charge in [0.25, 0.3) is 11.6 Å². The Labute approximate surface area is 180 Å². The number of carbonyl (C=O) groups is 2. The average molecular weight is 423 g/mol. The van der Waals surface area contributed by atoms with E-state index in [4.69, 9.17) is 4.74 Å². The highest BCUT2D eigenvalue weighted by atomic mass is 16.6. The van der Waals surface area contributed by atoms with Crippen molar-refractivity contribution in [3.63, 3.8) is 0 Å². The van der Waals surface area contributed by atoms with Crippen LogP contribution in [0.25, 0.3) is 0 Å². The molecule has 0 aliphatic carbocycles. The molecule has 0 N–H and O–H groups in total. The smallest absolute Gasteiger partial charge is 0.272 e. The molecule has 0 saturated carbocycles. The normalized spacial score (nSPS) is 17.9. The van der Waals surface area contributed by atoms with E-state index in [2.05, 4.69) is 0 Å². The number of nitro benzene ring substituents is 1.